The highest BCUT2D eigenvalue weighted by Crippen LogP contribution is 2.21. The highest BCUT2D eigenvalue weighted by atomic mass is 15.0. The van der Waals surface area contributed by atoms with Gasteiger partial charge in [-0.2, -0.15) is 0 Å². The average Bonchev–Trinajstić information content (AvgIpc) is 2.56. The lowest BCUT2D eigenvalue weighted by Crippen LogP contribution is -2.14. The zero-order valence-electron chi connectivity index (χ0n) is 6.96. The lowest BCUT2D eigenvalue weighted by Gasteiger charge is -2.08. The normalized spacial score (nSPS) is 22.8. The molecule has 0 amide bonds. The highest BCUT2D eigenvalue weighted by molar-refractivity contribution is 5.30. The van der Waals surface area contributed by atoms with Crippen molar-refractivity contribution >= 4 is 5.82 Å². The molecule has 2 heterocycles. The summed E-state index contributed by atoms with van der Waals surface area (Å²) in [6.07, 6.45) is 2.41. The molecule has 3 N–H and O–H groups in total. The van der Waals surface area contributed by atoms with Crippen LogP contribution in [0.2, 0.25) is 0 Å². The Morgan fingerprint density at radius 2 is 2.42 bits per heavy atom. The van der Waals surface area contributed by atoms with E-state index < -0.39 is 0 Å². The molecule has 0 unspecified atom stereocenters. The third kappa shape index (κ3) is 1.41. The average molecular weight is 163 g/mol. The van der Waals surface area contributed by atoms with Gasteiger partial charge in [-0.15, -0.1) is 0 Å². The molecule has 64 valence electrons. The van der Waals surface area contributed by atoms with Crippen LogP contribution in [0.5, 0.6) is 0 Å². The Kier molecular flexibility index (Phi) is 1.96. The molecule has 0 saturated carbocycles. The number of hydrogen-bond acceptors (Lipinski definition) is 3. The van der Waals surface area contributed by atoms with E-state index in [2.05, 4.69) is 10.3 Å². The first kappa shape index (κ1) is 7.55. The molecule has 0 spiro atoms. The minimum absolute atomic E-state index is 0.425. The minimum atomic E-state index is 0.425. The van der Waals surface area contributed by atoms with E-state index >= 15 is 0 Å². The summed E-state index contributed by atoms with van der Waals surface area (Å²) >= 11 is 0. The molecule has 1 atom stereocenters. The van der Waals surface area contributed by atoms with Gasteiger partial charge in [-0.1, -0.05) is 6.07 Å². The maximum absolute atomic E-state index is 5.59. The fourth-order valence-corrected chi connectivity index (χ4v) is 1.60. The van der Waals surface area contributed by atoms with Crippen molar-refractivity contribution in [3.63, 3.8) is 0 Å². The largest absolute Gasteiger partial charge is 0.384 e. The van der Waals surface area contributed by atoms with Gasteiger partial charge in [0.15, 0.2) is 0 Å². The monoisotopic (exact) mass is 163 g/mol. The zero-order valence-corrected chi connectivity index (χ0v) is 6.96. The molecular weight excluding hydrogens is 150 g/mol. The molecule has 3 nitrogen and oxygen atoms in total. The Morgan fingerprint density at radius 1 is 1.50 bits per heavy atom. The van der Waals surface area contributed by atoms with Crippen LogP contribution in [0.25, 0.3) is 0 Å². The van der Waals surface area contributed by atoms with Crippen molar-refractivity contribution in [1.29, 1.82) is 0 Å². The van der Waals surface area contributed by atoms with E-state index in [0.717, 1.165) is 12.2 Å². The molecule has 2 rings (SSSR count). The lowest BCUT2D eigenvalue weighted by molar-refractivity contribution is 0.629. The molecular formula is C9H13N3. The highest BCUT2D eigenvalue weighted by Gasteiger charge is 2.16. The van der Waals surface area contributed by atoms with Crippen LogP contribution in [-0.4, -0.2) is 11.5 Å². The molecule has 1 aliphatic rings. The smallest absolute Gasteiger partial charge is 0.123 e. The Hall–Kier alpha value is -1.09. The Bertz CT molecular complexity index is 266. The molecule has 0 aliphatic carbocycles. The van der Waals surface area contributed by atoms with Gasteiger partial charge >= 0.3 is 0 Å². The van der Waals surface area contributed by atoms with Gasteiger partial charge in [0.05, 0.1) is 5.69 Å². The van der Waals surface area contributed by atoms with E-state index in [9.17, 15) is 0 Å². The topological polar surface area (TPSA) is 50.9 Å². The van der Waals surface area contributed by atoms with Gasteiger partial charge in [-0.3, -0.25) is 0 Å². The fourth-order valence-electron chi connectivity index (χ4n) is 1.60. The van der Waals surface area contributed by atoms with Crippen molar-refractivity contribution in [3.05, 3.63) is 23.9 Å². The van der Waals surface area contributed by atoms with Crippen LogP contribution in [0.3, 0.4) is 0 Å². The van der Waals surface area contributed by atoms with Gasteiger partial charge < -0.3 is 11.1 Å². The number of hydrogen-bond donors (Lipinski definition) is 2. The Balaban J connectivity index is 2.21. The summed E-state index contributed by atoms with van der Waals surface area (Å²) in [7, 11) is 0. The first-order chi connectivity index (χ1) is 5.86. The number of anilines is 1. The summed E-state index contributed by atoms with van der Waals surface area (Å²) in [6, 6.07) is 6.23. The number of rotatable bonds is 1. The number of nitrogens with zero attached hydrogens (tertiary/aromatic N) is 1. The van der Waals surface area contributed by atoms with E-state index in [1.165, 1.54) is 12.8 Å². The van der Waals surface area contributed by atoms with Gasteiger partial charge in [0, 0.05) is 6.04 Å². The molecule has 1 saturated heterocycles. The van der Waals surface area contributed by atoms with E-state index in [-0.39, 0.29) is 0 Å². The molecule has 12 heavy (non-hydrogen) atoms. The van der Waals surface area contributed by atoms with Crippen LogP contribution < -0.4 is 11.1 Å². The van der Waals surface area contributed by atoms with Crippen LogP contribution >= 0.6 is 0 Å². The van der Waals surface area contributed by atoms with Crippen molar-refractivity contribution < 1.29 is 0 Å². The second kappa shape index (κ2) is 3.11. The quantitative estimate of drug-likeness (QED) is 0.651. The maximum Gasteiger partial charge on any atom is 0.123 e. The van der Waals surface area contributed by atoms with Crippen molar-refractivity contribution in [1.82, 2.24) is 10.3 Å². The first-order valence-corrected chi connectivity index (χ1v) is 4.32. The maximum atomic E-state index is 5.59. The third-order valence-corrected chi connectivity index (χ3v) is 2.21. The predicted molar refractivity (Wildman–Crippen MR) is 48.6 cm³/mol. The zero-order chi connectivity index (χ0) is 8.39. The van der Waals surface area contributed by atoms with Gasteiger partial charge in [0.2, 0.25) is 0 Å². The molecule has 0 aromatic carbocycles. The number of aromatic nitrogens is 1. The van der Waals surface area contributed by atoms with E-state index in [0.29, 0.717) is 11.9 Å². The third-order valence-electron chi connectivity index (χ3n) is 2.21. The van der Waals surface area contributed by atoms with Gasteiger partial charge in [0.25, 0.3) is 0 Å². The van der Waals surface area contributed by atoms with Crippen molar-refractivity contribution in [2.75, 3.05) is 12.3 Å². The molecule has 0 bridgehead atoms. The Labute approximate surface area is 72.0 Å². The molecule has 0 radical (unpaired) electrons. The molecule has 1 aromatic heterocycles. The van der Waals surface area contributed by atoms with Crippen LogP contribution in [0.15, 0.2) is 18.2 Å². The van der Waals surface area contributed by atoms with E-state index in [1.807, 2.05) is 18.2 Å². The standard InChI is InChI=1S/C9H13N3/c10-9-5-1-3-8(12-9)7-4-2-6-11-7/h1,3,5,7,11H,2,4,6H2,(H2,10,12)/t7-/m0/s1. The van der Waals surface area contributed by atoms with Gasteiger partial charge in [-0.05, 0) is 31.5 Å². The van der Waals surface area contributed by atoms with Crippen LogP contribution in [0.1, 0.15) is 24.6 Å². The van der Waals surface area contributed by atoms with Crippen LogP contribution in [0.4, 0.5) is 5.82 Å². The number of pyridine rings is 1. The molecule has 1 aliphatic heterocycles. The summed E-state index contributed by atoms with van der Waals surface area (Å²) in [6.45, 7) is 1.10. The minimum Gasteiger partial charge on any atom is -0.384 e. The summed E-state index contributed by atoms with van der Waals surface area (Å²) in [5, 5.41) is 3.38. The van der Waals surface area contributed by atoms with Crippen LogP contribution in [0, 0.1) is 0 Å². The van der Waals surface area contributed by atoms with E-state index in [1.54, 1.807) is 0 Å². The SMILES string of the molecule is Nc1cccc([C@@H]2CCCN2)n1. The first-order valence-electron chi connectivity index (χ1n) is 4.32. The second-order valence-corrected chi connectivity index (χ2v) is 3.14. The summed E-state index contributed by atoms with van der Waals surface area (Å²) < 4.78 is 0. The second-order valence-electron chi connectivity index (χ2n) is 3.14. The lowest BCUT2D eigenvalue weighted by atomic mass is 10.1. The van der Waals surface area contributed by atoms with Crippen LogP contribution in [-0.2, 0) is 0 Å². The number of nitrogens with two attached hydrogens (primary N) is 1. The number of nitrogens with one attached hydrogen (secondary N) is 1. The summed E-state index contributed by atoms with van der Waals surface area (Å²) in [5.41, 5.74) is 6.66. The predicted octanol–water partition coefficient (Wildman–Crippen LogP) is 1.09. The van der Waals surface area contributed by atoms with Crippen molar-refractivity contribution in [2.24, 2.45) is 0 Å². The summed E-state index contributed by atoms with van der Waals surface area (Å²) in [4.78, 5) is 4.27. The Morgan fingerprint density at radius 3 is 3.08 bits per heavy atom. The fraction of sp³-hybridized carbons (Fsp3) is 0.444. The number of nitrogen functional groups attached to an aromatic ring is 1. The molecule has 3 heteroatoms. The van der Waals surface area contributed by atoms with E-state index in [4.69, 9.17) is 5.73 Å². The van der Waals surface area contributed by atoms with Crippen molar-refractivity contribution in [3.8, 4) is 0 Å². The summed E-state index contributed by atoms with van der Waals surface area (Å²) in [5.74, 6) is 0.612. The van der Waals surface area contributed by atoms with Gasteiger partial charge in [-0.25, -0.2) is 4.98 Å². The molecule has 1 aromatic rings. The van der Waals surface area contributed by atoms with Crippen molar-refractivity contribution in [2.45, 2.75) is 18.9 Å². The molecule has 1 fully saturated rings. The van der Waals surface area contributed by atoms with Gasteiger partial charge in [0.1, 0.15) is 5.82 Å².